The Morgan fingerprint density at radius 1 is 1.00 bits per heavy atom. The van der Waals surface area contributed by atoms with E-state index in [2.05, 4.69) is 39.5 Å². The molecular formula is C26H29N5O3S. The lowest BCUT2D eigenvalue weighted by Crippen LogP contribution is -2.13. The Morgan fingerprint density at radius 3 is 2.31 bits per heavy atom. The lowest BCUT2D eigenvalue weighted by Gasteiger charge is -2.09. The van der Waals surface area contributed by atoms with Gasteiger partial charge in [0.1, 0.15) is 5.69 Å². The number of nitrogen functional groups attached to an aromatic ring is 1. The van der Waals surface area contributed by atoms with E-state index in [0.29, 0.717) is 28.4 Å². The highest BCUT2D eigenvalue weighted by Crippen LogP contribution is 2.30. The second kappa shape index (κ2) is 10.4. The predicted molar refractivity (Wildman–Crippen MR) is 137 cm³/mol. The highest BCUT2D eigenvalue weighted by molar-refractivity contribution is 7.92. The number of nitrogens with two attached hydrogens (primary N) is 1. The van der Waals surface area contributed by atoms with E-state index in [4.69, 9.17) is 10.3 Å². The number of hydrogen-bond donors (Lipinski definition) is 2. The highest BCUT2D eigenvalue weighted by atomic mass is 32.2. The van der Waals surface area contributed by atoms with Gasteiger partial charge in [-0.3, -0.25) is 0 Å². The molecule has 2 heterocycles. The number of hydrogen-bond acceptors (Lipinski definition) is 8. The molecule has 2 aromatic heterocycles. The summed E-state index contributed by atoms with van der Waals surface area (Å²) in [6, 6.07) is 16.5. The van der Waals surface area contributed by atoms with E-state index < -0.39 is 15.1 Å². The molecule has 0 amide bonds. The van der Waals surface area contributed by atoms with E-state index in [0.717, 1.165) is 25.1 Å². The quantitative estimate of drug-likeness (QED) is 0.322. The second-order valence-corrected chi connectivity index (χ2v) is 11.1. The van der Waals surface area contributed by atoms with E-state index >= 15 is 0 Å². The molecule has 0 bridgehead atoms. The molecule has 0 aliphatic heterocycles. The van der Waals surface area contributed by atoms with E-state index in [1.807, 2.05) is 12.1 Å². The largest absolute Gasteiger partial charge is 0.382 e. The minimum atomic E-state index is -3.35. The van der Waals surface area contributed by atoms with Crippen molar-refractivity contribution in [3.8, 4) is 34.0 Å². The zero-order chi connectivity index (χ0) is 25.0. The Labute approximate surface area is 205 Å². The van der Waals surface area contributed by atoms with Gasteiger partial charge in [0.2, 0.25) is 0 Å². The Morgan fingerprint density at radius 2 is 1.66 bits per heavy atom. The van der Waals surface area contributed by atoms with Crippen LogP contribution in [0.25, 0.3) is 34.0 Å². The van der Waals surface area contributed by atoms with Crippen molar-refractivity contribution in [2.45, 2.75) is 43.9 Å². The smallest absolute Gasteiger partial charge is 0.189 e. The normalized spacial score (nSPS) is 11.8. The van der Waals surface area contributed by atoms with Gasteiger partial charge >= 0.3 is 0 Å². The number of benzene rings is 2. The van der Waals surface area contributed by atoms with Gasteiger partial charge in [0, 0.05) is 23.7 Å². The van der Waals surface area contributed by atoms with Crippen LogP contribution in [0.4, 0.5) is 5.82 Å². The predicted octanol–water partition coefficient (Wildman–Crippen LogP) is 4.73. The maximum atomic E-state index is 12.4. The number of anilines is 1. The molecule has 35 heavy (non-hydrogen) atoms. The van der Waals surface area contributed by atoms with Crippen LogP contribution < -0.4 is 11.1 Å². The summed E-state index contributed by atoms with van der Waals surface area (Å²) in [7, 11) is -3.35. The van der Waals surface area contributed by atoms with Crippen molar-refractivity contribution >= 4 is 15.7 Å². The highest BCUT2D eigenvalue weighted by Gasteiger charge is 2.20. The number of nitrogens with zero attached hydrogens (tertiary/aromatic N) is 3. The van der Waals surface area contributed by atoms with Crippen LogP contribution in [0, 0.1) is 0 Å². The van der Waals surface area contributed by atoms with Gasteiger partial charge in [-0.2, -0.15) is 0 Å². The first kappa shape index (κ1) is 24.6. The molecular weight excluding hydrogens is 462 g/mol. The summed E-state index contributed by atoms with van der Waals surface area (Å²) in [5, 5.41) is 7.07. The molecule has 0 atom stereocenters. The van der Waals surface area contributed by atoms with Crippen molar-refractivity contribution in [1.29, 1.82) is 0 Å². The SMILES string of the molecule is CCCNCc1ccc(-c2cc(-c3nc(-c4ccc(S(=O)(=O)C(C)C)cc4)cnc3N)on2)cc1. The summed E-state index contributed by atoms with van der Waals surface area (Å²) in [6.07, 6.45) is 2.64. The number of nitrogens with one attached hydrogen (secondary N) is 1. The fraction of sp³-hybridized carbons (Fsp3) is 0.269. The molecule has 3 N–H and O–H groups in total. The van der Waals surface area contributed by atoms with Crippen LogP contribution in [0.5, 0.6) is 0 Å². The summed E-state index contributed by atoms with van der Waals surface area (Å²) in [5.41, 5.74) is 10.5. The lowest BCUT2D eigenvalue weighted by molar-refractivity contribution is 0.434. The maximum Gasteiger partial charge on any atom is 0.189 e. The molecule has 0 aliphatic rings. The second-order valence-electron chi connectivity index (χ2n) is 8.56. The molecule has 0 unspecified atom stereocenters. The van der Waals surface area contributed by atoms with Crippen LogP contribution in [-0.4, -0.2) is 35.3 Å². The molecule has 9 heteroatoms. The maximum absolute atomic E-state index is 12.4. The summed E-state index contributed by atoms with van der Waals surface area (Å²) in [6.45, 7) is 7.26. The molecule has 0 spiro atoms. The van der Waals surface area contributed by atoms with Gasteiger partial charge in [0.05, 0.1) is 22.0 Å². The molecule has 2 aromatic carbocycles. The van der Waals surface area contributed by atoms with E-state index in [9.17, 15) is 8.42 Å². The van der Waals surface area contributed by atoms with Crippen molar-refractivity contribution in [3.05, 3.63) is 66.4 Å². The first-order valence-corrected chi connectivity index (χ1v) is 13.1. The van der Waals surface area contributed by atoms with Crippen LogP contribution in [0.2, 0.25) is 0 Å². The van der Waals surface area contributed by atoms with Crippen molar-refractivity contribution in [3.63, 3.8) is 0 Å². The van der Waals surface area contributed by atoms with Crippen molar-refractivity contribution in [2.24, 2.45) is 0 Å². The topological polar surface area (TPSA) is 124 Å². The van der Waals surface area contributed by atoms with Crippen LogP contribution in [0.1, 0.15) is 32.8 Å². The number of rotatable bonds is 9. The minimum Gasteiger partial charge on any atom is -0.382 e. The first-order chi connectivity index (χ1) is 16.8. The van der Waals surface area contributed by atoms with Crippen LogP contribution in [0.3, 0.4) is 0 Å². The third kappa shape index (κ3) is 5.41. The molecule has 0 saturated heterocycles. The molecule has 4 aromatic rings. The summed E-state index contributed by atoms with van der Waals surface area (Å²) in [5.74, 6) is 0.618. The van der Waals surface area contributed by atoms with Crippen molar-refractivity contribution in [2.75, 3.05) is 12.3 Å². The molecule has 0 aliphatic carbocycles. The van der Waals surface area contributed by atoms with E-state index in [1.165, 1.54) is 5.56 Å². The lowest BCUT2D eigenvalue weighted by atomic mass is 10.1. The van der Waals surface area contributed by atoms with Crippen molar-refractivity contribution in [1.82, 2.24) is 20.4 Å². The third-order valence-corrected chi connectivity index (χ3v) is 7.82. The zero-order valence-electron chi connectivity index (χ0n) is 20.0. The molecule has 0 fully saturated rings. The minimum absolute atomic E-state index is 0.216. The van der Waals surface area contributed by atoms with Gasteiger partial charge < -0.3 is 15.6 Å². The average molecular weight is 492 g/mol. The standard InChI is InChI=1S/C26H29N5O3S/c1-4-13-28-15-18-5-7-19(8-6-18)22-14-24(34-31-22)25-26(27)29-16-23(30-25)20-9-11-21(12-10-20)35(32,33)17(2)3/h5-12,14,16-17,28H,4,13,15H2,1-3H3,(H2,27,29). The van der Waals surface area contributed by atoms with Crippen LogP contribution >= 0.6 is 0 Å². The van der Waals surface area contributed by atoms with Gasteiger partial charge in [0.15, 0.2) is 27.1 Å². The van der Waals surface area contributed by atoms with Crippen LogP contribution in [-0.2, 0) is 16.4 Å². The number of sulfone groups is 1. The van der Waals surface area contributed by atoms with Gasteiger partial charge in [-0.15, -0.1) is 0 Å². The summed E-state index contributed by atoms with van der Waals surface area (Å²) < 4.78 is 30.3. The molecule has 8 nitrogen and oxygen atoms in total. The fourth-order valence-electron chi connectivity index (χ4n) is 3.53. The van der Waals surface area contributed by atoms with E-state index in [-0.39, 0.29) is 10.7 Å². The summed E-state index contributed by atoms with van der Waals surface area (Å²) in [4.78, 5) is 9.16. The van der Waals surface area contributed by atoms with Crippen LogP contribution in [0.15, 0.2) is 70.2 Å². The molecule has 4 rings (SSSR count). The average Bonchev–Trinajstić information content (AvgIpc) is 3.35. The number of aromatic nitrogens is 3. The third-order valence-electron chi connectivity index (χ3n) is 5.65. The van der Waals surface area contributed by atoms with Crippen molar-refractivity contribution < 1.29 is 12.9 Å². The summed E-state index contributed by atoms with van der Waals surface area (Å²) >= 11 is 0. The van der Waals surface area contributed by atoms with Gasteiger partial charge in [-0.05, 0) is 44.5 Å². The first-order valence-electron chi connectivity index (χ1n) is 11.5. The van der Waals surface area contributed by atoms with E-state index in [1.54, 1.807) is 50.4 Å². The Balaban J connectivity index is 1.57. The monoisotopic (exact) mass is 491 g/mol. The Bertz CT molecular complexity index is 1400. The van der Waals surface area contributed by atoms with Gasteiger partial charge in [0.25, 0.3) is 0 Å². The Kier molecular flexibility index (Phi) is 7.28. The molecule has 182 valence electrons. The Hall–Kier alpha value is -3.56. The molecule has 0 saturated carbocycles. The zero-order valence-corrected chi connectivity index (χ0v) is 20.8. The molecule has 0 radical (unpaired) electrons. The fourth-order valence-corrected chi connectivity index (χ4v) is 4.59. The van der Waals surface area contributed by atoms with Gasteiger partial charge in [-0.25, -0.2) is 18.4 Å². The van der Waals surface area contributed by atoms with Gasteiger partial charge in [-0.1, -0.05) is 48.5 Å².